The molecule has 0 fully saturated rings. The summed E-state index contributed by atoms with van der Waals surface area (Å²) in [5.41, 5.74) is 7.16. The Kier molecular flexibility index (Phi) is 33.8. The van der Waals surface area contributed by atoms with Gasteiger partial charge in [0.2, 0.25) is 0 Å². The molecule has 0 saturated heterocycles. The topological polar surface area (TPSA) is 201 Å². The van der Waals surface area contributed by atoms with E-state index in [2.05, 4.69) is 37.9 Å². The fraction of sp³-hybridized carbons (Fsp3) is 0.656. The summed E-state index contributed by atoms with van der Waals surface area (Å²) in [6, 6.07) is 5.65. The third-order valence-electron chi connectivity index (χ3n) is 6.46. The molecule has 13 nitrogen and oxygen atoms in total. The zero-order chi connectivity index (χ0) is 35.9. The molecule has 0 aliphatic heterocycles. The van der Waals surface area contributed by atoms with E-state index in [1.807, 2.05) is 34.9 Å². The number of carboxylic acid groups (broad SMARTS) is 2. The number of amides is 1. The minimum atomic E-state index is -0.866. The van der Waals surface area contributed by atoms with Crippen molar-refractivity contribution in [3.05, 3.63) is 29.3 Å². The summed E-state index contributed by atoms with van der Waals surface area (Å²) in [4.78, 5) is 49.8. The number of rotatable bonds is 21. The summed E-state index contributed by atoms with van der Waals surface area (Å²) in [6.45, 7) is 15.0. The van der Waals surface area contributed by atoms with Crippen molar-refractivity contribution in [3.8, 4) is 0 Å². The molecule has 0 saturated carbocycles. The van der Waals surface area contributed by atoms with E-state index < -0.39 is 5.97 Å². The number of aliphatic hydroxyl groups is 1. The van der Waals surface area contributed by atoms with Crippen molar-refractivity contribution in [2.75, 3.05) is 66.0 Å². The van der Waals surface area contributed by atoms with E-state index in [9.17, 15) is 19.5 Å². The minimum Gasteiger partial charge on any atom is -0.483 e. The van der Waals surface area contributed by atoms with Crippen LogP contribution in [0.3, 0.4) is 0 Å². The number of hydrogen-bond acceptors (Lipinski definition) is 9. The van der Waals surface area contributed by atoms with E-state index in [0.717, 1.165) is 48.0 Å². The van der Waals surface area contributed by atoms with Crippen LogP contribution in [0, 0.1) is 36.0 Å². The SMILES string of the molecule is CCC.CCCN(CCN(CCN(CC=O)CCC(C)CC)CC(=O)NCc1cc([At])cc(C(=N)N)c1)CC(=O)O.CO.O=CO. The molecule has 1 atom stereocenters. The van der Waals surface area contributed by atoms with Gasteiger partial charge in [-0.25, -0.2) is 0 Å². The van der Waals surface area contributed by atoms with Gasteiger partial charge in [0.05, 0.1) is 0 Å². The van der Waals surface area contributed by atoms with Crippen molar-refractivity contribution in [2.45, 2.75) is 66.8 Å². The van der Waals surface area contributed by atoms with E-state index in [0.29, 0.717) is 57.3 Å². The van der Waals surface area contributed by atoms with E-state index in [4.69, 9.17) is 26.2 Å². The summed E-state index contributed by atoms with van der Waals surface area (Å²) >= 11 is 1.48. The molecular formula is C32H59AtN6O7. The van der Waals surface area contributed by atoms with Gasteiger partial charge in [0, 0.05) is 7.11 Å². The first-order valence-electron chi connectivity index (χ1n) is 15.7. The van der Waals surface area contributed by atoms with Gasteiger partial charge < -0.3 is 20.1 Å². The first kappa shape index (κ1) is 47.9. The van der Waals surface area contributed by atoms with Gasteiger partial charge in [-0.15, -0.1) is 0 Å². The van der Waals surface area contributed by atoms with Gasteiger partial charge in [0.1, 0.15) is 6.29 Å². The summed E-state index contributed by atoms with van der Waals surface area (Å²) in [5, 5.41) is 33.8. The van der Waals surface area contributed by atoms with Crippen LogP contribution < -0.4 is 14.3 Å². The van der Waals surface area contributed by atoms with Crippen LogP contribution in [-0.2, 0) is 25.7 Å². The molecule has 1 unspecified atom stereocenters. The fourth-order valence-electron chi connectivity index (χ4n) is 3.99. The van der Waals surface area contributed by atoms with E-state index in [1.54, 1.807) is 0 Å². The molecule has 14 heteroatoms. The normalized spacial score (nSPS) is 10.8. The van der Waals surface area contributed by atoms with Crippen LogP contribution in [0.4, 0.5) is 0 Å². The van der Waals surface area contributed by atoms with Gasteiger partial charge in [-0.05, 0) is 18.8 Å². The van der Waals surface area contributed by atoms with Crippen LogP contribution in [0.5, 0.6) is 0 Å². The second-order valence-electron chi connectivity index (χ2n) is 10.6. The molecule has 0 aromatic heterocycles. The second-order valence-corrected chi connectivity index (χ2v) is 12.3. The number of aliphatic hydroxyl groups excluding tert-OH is 1. The fourth-order valence-corrected chi connectivity index (χ4v) is 4.99. The van der Waals surface area contributed by atoms with Crippen LogP contribution in [0.25, 0.3) is 0 Å². The summed E-state index contributed by atoms with van der Waals surface area (Å²) in [7, 11) is 1.00. The maximum absolute atomic E-state index is 12.9. The van der Waals surface area contributed by atoms with Crippen LogP contribution in [0.15, 0.2) is 18.2 Å². The van der Waals surface area contributed by atoms with Gasteiger partial charge in [-0.3, -0.25) is 9.59 Å². The van der Waals surface area contributed by atoms with Crippen molar-refractivity contribution in [1.82, 2.24) is 20.0 Å². The zero-order valence-corrected chi connectivity index (χ0v) is 31.6. The number of amidine groups is 1. The van der Waals surface area contributed by atoms with Gasteiger partial charge >= 0.3 is 176 Å². The number of nitrogens with two attached hydrogens (primary N) is 1. The Morgan fingerprint density at radius 2 is 1.48 bits per heavy atom. The van der Waals surface area contributed by atoms with Crippen molar-refractivity contribution in [1.29, 1.82) is 5.41 Å². The summed E-state index contributed by atoms with van der Waals surface area (Å²) < 4.78 is 1.02. The molecule has 266 valence electrons. The molecule has 0 heterocycles. The molecule has 0 spiro atoms. The van der Waals surface area contributed by atoms with Crippen LogP contribution in [0.2, 0.25) is 0 Å². The number of nitrogens with zero attached hydrogens (tertiary/aromatic N) is 3. The second kappa shape index (κ2) is 32.4. The Balaban J connectivity index is -0.00000209. The first-order valence-corrected chi connectivity index (χ1v) is 17.1. The Morgan fingerprint density at radius 3 is 1.93 bits per heavy atom. The Hall–Kier alpha value is -2.51. The predicted molar refractivity (Wildman–Crippen MR) is 179 cm³/mol. The molecule has 0 aliphatic rings. The molecule has 1 aromatic rings. The minimum absolute atomic E-state index is 0.00625. The smallest absolute Gasteiger partial charge is 0.483 e. The monoisotopic (exact) mass is 849 g/mol. The van der Waals surface area contributed by atoms with Crippen molar-refractivity contribution in [2.24, 2.45) is 11.7 Å². The number of nitrogen functional groups attached to an aromatic ring is 1. The van der Waals surface area contributed by atoms with Gasteiger partial charge in [0.25, 0.3) is 6.47 Å². The number of aliphatic carboxylic acids is 1. The number of carboxylic acids is 1. The number of carbonyl (C=O) groups excluding carboxylic acids is 2. The molecule has 1 rings (SSSR count). The average Bonchev–Trinajstić information content (AvgIpc) is 3.01. The molecule has 0 aliphatic carbocycles. The van der Waals surface area contributed by atoms with Crippen LogP contribution >= 0.6 is 0 Å². The zero-order valence-electron chi connectivity index (χ0n) is 28.6. The maximum atomic E-state index is 12.9. The molecule has 7 N–H and O–H groups in total. The Labute approximate surface area is 291 Å². The molecule has 0 bridgehead atoms. The van der Waals surface area contributed by atoms with Crippen LogP contribution in [0.1, 0.15) is 71.4 Å². The number of aldehydes is 1. The standard InChI is InChI=1S/C27H45AtN6O4.C3H8.CH2O2.CH4O/c1-4-7-33(20-26(37)38)11-12-34(10-9-32(13-14-35)8-6-21(3)5-2)19-25(36)31-18-22-15-23(27(29)30)17-24(28)16-22;1-3-2;2-1-3;1-2/h14-17,21H,4-13,18-20H2,1-3H3,(H3,29,30)(H,31,36)(H,37,38);3H2,1-2H3;1H,(H,2,3);2H,1H3. The summed E-state index contributed by atoms with van der Waals surface area (Å²) in [5.74, 6) is -0.430. The number of carbonyl (C=O) groups is 4. The number of nitrogens with one attached hydrogen (secondary N) is 2. The third kappa shape index (κ3) is 27.8. The average molecular weight is 850 g/mol. The van der Waals surface area contributed by atoms with Gasteiger partial charge in [-0.2, -0.15) is 0 Å². The molecule has 0 radical (unpaired) electrons. The molecule has 1 aromatic carbocycles. The molecule has 46 heavy (non-hydrogen) atoms. The van der Waals surface area contributed by atoms with Crippen molar-refractivity contribution in [3.63, 3.8) is 0 Å². The Bertz CT molecular complexity index is 971. The number of benzene rings is 1. The number of hydrogen-bond donors (Lipinski definition) is 6. The summed E-state index contributed by atoms with van der Waals surface area (Å²) in [6.07, 6.45) is 5.11. The van der Waals surface area contributed by atoms with E-state index in [-0.39, 0.29) is 31.3 Å². The van der Waals surface area contributed by atoms with Gasteiger partial charge in [0.15, 0.2) is 0 Å². The quantitative estimate of drug-likeness (QED) is 0.0596. The predicted octanol–water partition coefficient (Wildman–Crippen LogP) is 1.52. The van der Waals surface area contributed by atoms with Crippen molar-refractivity contribution < 1.29 is 59.2 Å². The van der Waals surface area contributed by atoms with E-state index in [1.165, 1.54) is 31.1 Å². The van der Waals surface area contributed by atoms with E-state index >= 15 is 0 Å². The van der Waals surface area contributed by atoms with Gasteiger partial charge in [-0.1, -0.05) is 47.5 Å². The first-order chi connectivity index (χ1) is 21.9. The molecule has 1 amide bonds. The third-order valence-corrected chi connectivity index (χ3v) is 7.31. The molecular weight excluding hydrogens is 790 g/mol. The Morgan fingerprint density at radius 1 is 0.957 bits per heavy atom. The van der Waals surface area contributed by atoms with Crippen LogP contribution in [-0.4, -0.2) is 127 Å². The van der Waals surface area contributed by atoms with Crippen molar-refractivity contribution >= 4 is 33.7 Å².